The quantitative estimate of drug-likeness (QED) is 0.297. The predicted molar refractivity (Wildman–Crippen MR) is 162 cm³/mol. The molecule has 0 radical (unpaired) electrons. The normalized spacial score (nSPS) is 29.2. The monoisotopic (exact) mass is 644 g/mol. The smallest absolute Gasteiger partial charge is 0.411 e. The van der Waals surface area contributed by atoms with Crippen molar-refractivity contribution in [3.05, 3.63) is 42.0 Å². The number of nitrogens with zero attached hydrogens (tertiary/aromatic N) is 1. The highest BCUT2D eigenvalue weighted by molar-refractivity contribution is 7.91. The van der Waals surface area contributed by atoms with Crippen molar-refractivity contribution in [2.75, 3.05) is 25.5 Å². The molecule has 3 N–H and O–H groups in total. The van der Waals surface area contributed by atoms with E-state index in [2.05, 4.69) is 15.4 Å². The Morgan fingerprint density at radius 2 is 1.82 bits per heavy atom. The van der Waals surface area contributed by atoms with Gasteiger partial charge in [-0.25, -0.2) is 18.0 Å². The van der Waals surface area contributed by atoms with E-state index in [1.165, 1.54) is 12.1 Å². The van der Waals surface area contributed by atoms with E-state index in [-0.39, 0.29) is 43.0 Å². The number of rotatable bonds is 7. The second kappa shape index (κ2) is 13.2. The number of allylic oxidation sites excluding steroid dienone is 1. The van der Waals surface area contributed by atoms with Gasteiger partial charge in [0.25, 0.3) is 5.91 Å². The largest absolute Gasteiger partial charge is 0.462 e. The average Bonchev–Trinajstić information content (AvgIpc) is 3.91. The van der Waals surface area contributed by atoms with Gasteiger partial charge in [-0.2, -0.15) is 0 Å². The number of benzene rings is 1. The zero-order valence-corrected chi connectivity index (χ0v) is 26.3. The molecule has 1 aromatic carbocycles. The Morgan fingerprint density at radius 3 is 2.56 bits per heavy atom. The molecule has 5 rings (SSSR count). The Balaban J connectivity index is 1.33. The van der Waals surface area contributed by atoms with E-state index in [4.69, 9.17) is 9.47 Å². The molecule has 1 heterocycles. The lowest BCUT2D eigenvalue weighted by Gasteiger charge is -2.26. The minimum Gasteiger partial charge on any atom is -0.462 e. The van der Waals surface area contributed by atoms with Gasteiger partial charge in [-0.1, -0.05) is 24.3 Å². The highest BCUT2D eigenvalue weighted by Gasteiger charge is 2.62. The van der Waals surface area contributed by atoms with E-state index < -0.39 is 68.5 Å². The number of fused-ring (bicyclic) bond motifs is 2. The molecule has 13 nitrogen and oxygen atoms in total. The molecular weight excluding hydrogens is 604 g/mol. The topological polar surface area (TPSA) is 177 Å². The van der Waals surface area contributed by atoms with Gasteiger partial charge in [0, 0.05) is 19.5 Å². The number of carbonyl (C=O) groups is 5. The first-order chi connectivity index (χ1) is 21.4. The van der Waals surface area contributed by atoms with Crippen LogP contribution in [-0.2, 0) is 33.9 Å². The highest BCUT2D eigenvalue weighted by atomic mass is 32.2. The fourth-order valence-corrected chi connectivity index (χ4v) is 7.53. The van der Waals surface area contributed by atoms with Crippen LogP contribution in [0.3, 0.4) is 0 Å². The van der Waals surface area contributed by atoms with E-state index in [0.29, 0.717) is 25.8 Å². The number of carbonyl (C=O) groups excluding carboxylic acids is 5. The van der Waals surface area contributed by atoms with Crippen molar-refractivity contribution in [2.24, 2.45) is 17.8 Å². The first kappa shape index (κ1) is 32.5. The number of hydrogen-bond acceptors (Lipinski definition) is 9. The van der Waals surface area contributed by atoms with Crippen molar-refractivity contribution in [3.8, 4) is 0 Å². The number of esters is 1. The molecule has 0 spiro atoms. The summed E-state index contributed by atoms with van der Waals surface area (Å²) < 4.78 is 38.1. The molecule has 1 aliphatic heterocycles. The number of para-hydroxylation sites is 1. The third kappa shape index (κ3) is 7.32. The number of ether oxygens (including phenoxy) is 2. The summed E-state index contributed by atoms with van der Waals surface area (Å²) in [7, 11) is -2.18. The van der Waals surface area contributed by atoms with Crippen LogP contribution in [0.15, 0.2) is 36.4 Å². The lowest BCUT2D eigenvalue weighted by atomic mass is 9.93. The second-order valence-corrected chi connectivity index (χ2v) is 14.2. The summed E-state index contributed by atoms with van der Waals surface area (Å²) >= 11 is 0. The van der Waals surface area contributed by atoms with Gasteiger partial charge in [-0.3, -0.25) is 24.4 Å². The SMILES string of the molecule is CCOC(=O)c1ccccc1NC(=O)O[C@@H]1C[C@H]2C(=O)N[C@]3(C(=O)NS(=O)(=O)C4CC4)C[C@H]3/C=C\CCCCN(C)C(=O)[C@@H]2C1. The van der Waals surface area contributed by atoms with Crippen LogP contribution in [0.25, 0.3) is 0 Å². The van der Waals surface area contributed by atoms with Gasteiger partial charge in [-0.15, -0.1) is 0 Å². The van der Waals surface area contributed by atoms with Gasteiger partial charge >= 0.3 is 12.1 Å². The summed E-state index contributed by atoms with van der Waals surface area (Å²) in [5.74, 6) is -4.39. The molecule has 4 amide bonds. The third-order valence-corrected chi connectivity index (χ3v) is 10.7. The lowest BCUT2D eigenvalue weighted by molar-refractivity contribution is -0.140. The van der Waals surface area contributed by atoms with E-state index in [1.54, 1.807) is 31.0 Å². The molecule has 4 aliphatic rings. The van der Waals surface area contributed by atoms with Crippen LogP contribution in [0.4, 0.5) is 10.5 Å². The second-order valence-electron chi connectivity index (χ2n) is 12.2. The fraction of sp³-hybridized carbons (Fsp3) is 0.581. The van der Waals surface area contributed by atoms with Crippen LogP contribution in [0.5, 0.6) is 0 Å². The molecule has 0 bridgehead atoms. The van der Waals surface area contributed by atoms with Crippen LogP contribution >= 0.6 is 0 Å². The summed E-state index contributed by atoms with van der Waals surface area (Å²) in [6.07, 6.45) is 5.62. The van der Waals surface area contributed by atoms with E-state index in [1.807, 2.05) is 12.2 Å². The maximum atomic E-state index is 13.8. The van der Waals surface area contributed by atoms with Crippen LogP contribution in [-0.4, -0.2) is 80.2 Å². The van der Waals surface area contributed by atoms with Crippen LogP contribution < -0.4 is 15.4 Å². The minimum atomic E-state index is -3.85. The zero-order valence-electron chi connectivity index (χ0n) is 25.5. The molecule has 14 heteroatoms. The maximum absolute atomic E-state index is 13.8. The fourth-order valence-electron chi connectivity index (χ4n) is 6.16. The van der Waals surface area contributed by atoms with Gasteiger partial charge < -0.3 is 19.7 Å². The predicted octanol–water partition coefficient (Wildman–Crippen LogP) is 2.49. The van der Waals surface area contributed by atoms with Crippen LogP contribution in [0.2, 0.25) is 0 Å². The molecule has 45 heavy (non-hydrogen) atoms. The molecule has 244 valence electrons. The van der Waals surface area contributed by atoms with Gasteiger partial charge in [0.05, 0.1) is 34.9 Å². The van der Waals surface area contributed by atoms with Crippen LogP contribution in [0, 0.1) is 17.8 Å². The van der Waals surface area contributed by atoms with E-state index in [9.17, 15) is 32.4 Å². The average molecular weight is 645 g/mol. The van der Waals surface area contributed by atoms with Gasteiger partial charge in [0.15, 0.2) is 0 Å². The molecule has 1 aromatic rings. The Bertz CT molecular complexity index is 1490. The van der Waals surface area contributed by atoms with Crippen molar-refractivity contribution in [2.45, 2.75) is 75.2 Å². The highest BCUT2D eigenvalue weighted by Crippen LogP contribution is 2.47. The number of amides is 4. The Kier molecular flexibility index (Phi) is 9.52. The summed E-state index contributed by atoms with van der Waals surface area (Å²) in [6, 6.07) is 6.30. The number of anilines is 1. The molecule has 3 aliphatic carbocycles. The molecule has 0 aromatic heterocycles. The first-order valence-electron chi connectivity index (χ1n) is 15.5. The molecule has 3 fully saturated rings. The summed E-state index contributed by atoms with van der Waals surface area (Å²) in [5.41, 5.74) is -1.12. The van der Waals surface area contributed by atoms with E-state index >= 15 is 0 Å². The molecule has 5 atom stereocenters. The Labute approximate surface area is 262 Å². The van der Waals surface area contributed by atoms with E-state index in [0.717, 1.165) is 12.8 Å². The molecule has 0 unspecified atom stereocenters. The first-order valence-corrected chi connectivity index (χ1v) is 17.0. The van der Waals surface area contributed by atoms with Crippen LogP contribution in [0.1, 0.15) is 68.6 Å². The van der Waals surface area contributed by atoms with Gasteiger partial charge in [0.2, 0.25) is 21.8 Å². The third-order valence-electron chi connectivity index (χ3n) is 8.93. The van der Waals surface area contributed by atoms with Crippen molar-refractivity contribution in [1.29, 1.82) is 0 Å². The standard InChI is InChI=1S/C31H40N4O9S/c1-3-43-28(38)22-11-7-8-12-25(22)32-30(40)44-20-16-23-24(17-20)27(37)35(2)15-9-5-4-6-10-19-18-31(19,33-26(23)36)29(39)34-45(41,42)21-13-14-21/h6-8,10-12,19-21,23-24H,3-5,9,13-18H2,1-2H3,(H,32,40)(H,33,36)(H,34,39)/b10-6-/t19-,20-,23-,24-,31-/m1/s1. The summed E-state index contributed by atoms with van der Waals surface area (Å²) in [5, 5.41) is 4.76. The minimum absolute atomic E-state index is 0.0155. The summed E-state index contributed by atoms with van der Waals surface area (Å²) in [4.78, 5) is 67.6. The lowest BCUT2D eigenvalue weighted by Crippen LogP contribution is -2.54. The van der Waals surface area contributed by atoms with Crippen molar-refractivity contribution in [1.82, 2.24) is 14.9 Å². The maximum Gasteiger partial charge on any atom is 0.411 e. The summed E-state index contributed by atoms with van der Waals surface area (Å²) in [6.45, 7) is 2.31. The number of nitrogens with one attached hydrogen (secondary N) is 3. The Hall–Kier alpha value is -3.94. The van der Waals surface area contributed by atoms with Crippen molar-refractivity contribution >= 4 is 45.5 Å². The van der Waals surface area contributed by atoms with Crippen molar-refractivity contribution < 1.29 is 41.9 Å². The number of sulfonamides is 1. The van der Waals surface area contributed by atoms with Gasteiger partial charge in [0.1, 0.15) is 11.6 Å². The zero-order chi connectivity index (χ0) is 32.4. The van der Waals surface area contributed by atoms with Gasteiger partial charge in [-0.05, 0) is 70.4 Å². The number of hydrogen-bond donors (Lipinski definition) is 3. The Morgan fingerprint density at radius 1 is 1.09 bits per heavy atom. The van der Waals surface area contributed by atoms with Crippen molar-refractivity contribution in [3.63, 3.8) is 0 Å². The molecular formula is C31H40N4O9S. The molecule has 3 saturated carbocycles. The molecule has 0 saturated heterocycles.